The third-order valence-electron chi connectivity index (χ3n) is 1.37. The van der Waals surface area contributed by atoms with Gasteiger partial charge in [-0.2, -0.15) is 0 Å². The number of benzene rings is 1. The van der Waals surface area contributed by atoms with Gasteiger partial charge in [0.2, 0.25) is 5.91 Å². The minimum absolute atomic E-state index is 0. The third-order valence-corrected chi connectivity index (χ3v) is 1.37. The first-order valence-electron chi connectivity index (χ1n) is 3.56. The van der Waals surface area contributed by atoms with Crippen LogP contribution in [0.1, 0.15) is 6.92 Å². The van der Waals surface area contributed by atoms with Crippen molar-refractivity contribution in [2.24, 2.45) is 5.84 Å². The Morgan fingerprint density at radius 2 is 1.69 bits per heavy atom. The van der Waals surface area contributed by atoms with Gasteiger partial charge in [0, 0.05) is 18.3 Å². The molecule has 0 unspecified atom stereocenters. The first-order valence-corrected chi connectivity index (χ1v) is 3.56. The molecule has 0 aromatic heterocycles. The highest BCUT2D eigenvalue weighted by Crippen LogP contribution is 2.11. The molecule has 5 heteroatoms. The van der Waals surface area contributed by atoms with Gasteiger partial charge in [0.1, 0.15) is 0 Å². The topological polar surface area (TPSA) is 67.2 Å². The van der Waals surface area contributed by atoms with Gasteiger partial charge in [-0.05, 0) is 24.3 Å². The van der Waals surface area contributed by atoms with Gasteiger partial charge in [-0.25, -0.2) is 0 Å². The average molecular weight is 202 g/mol. The fraction of sp³-hybridized carbons (Fsp3) is 0.125. The van der Waals surface area contributed by atoms with Crippen molar-refractivity contribution >= 4 is 29.7 Å². The van der Waals surface area contributed by atoms with E-state index in [1.165, 1.54) is 6.92 Å². The predicted molar refractivity (Wildman–Crippen MR) is 55.8 cm³/mol. The Kier molecular flexibility index (Phi) is 4.87. The molecule has 1 rings (SSSR count). The summed E-state index contributed by atoms with van der Waals surface area (Å²) < 4.78 is 0. The van der Waals surface area contributed by atoms with Crippen LogP contribution >= 0.6 is 12.4 Å². The molecule has 0 spiro atoms. The van der Waals surface area contributed by atoms with Crippen LogP contribution in [0, 0.1) is 0 Å². The van der Waals surface area contributed by atoms with Gasteiger partial charge in [-0.3, -0.25) is 10.6 Å². The Balaban J connectivity index is 0.00000144. The molecule has 1 aromatic rings. The normalized spacial score (nSPS) is 8.46. The summed E-state index contributed by atoms with van der Waals surface area (Å²) in [5.41, 5.74) is 4.07. The molecule has 0 aliphatic rings. The van der Waals surface area contributed by atoms with Crippen molar-refractivity contribution in [1.82, 2.24) is 0 Å². The number of rotatable bonds is 2. The van der Waals surface area contributed by atoms with E-state index in [9.17, 15) is 4.79 Å². The van der Waals surface area contributed by atoms with Crippen molar-refractivity contribution in [1.29, 1.82) is 0 Å². The van der Waals surface area contributed by atoms with E-state index in [4.69, 9.17) is 5.84 Å². The van der Waals surface area contributed by atoms with Gasteiger partial charge >= 0.3 is 0 Å². The molecule has 0 saturated heterocycles. The lowest BCUT2D eigenvalue weighted by Crippen LogP contribution is -2.08. The second-order valence-electron chi connectivity index (χ2n) is 2.40. The van der Waals surface area contributed by atoms with E-state index < -0.39 is 0 Å². The quantitative estimate of drug-likeness (QED) is 0.500. The number of nitrogen functional groups attached to an aromatic ring is 1. The number of halogens is 1. The lowest BCUT2D eigenvalue weighted by atomic mass is 10.3. The summed E-state index contributed by atoms with van der Waals surface area (Å²) >= 11 is 0. The number of anilines is 2. The summed E-state index contributed by atoms with van der Waals surface area (Å²) in [6, 6.07) is 7.11. The maximum absolute atomic E-state index is 10.6. The van der Waals surface area contributed by atoms with E-state index in [1.54, 1.807) is 24.3 Å². The molecule has 0 saturated carbocycles. The van der Waals surface area contributed by atoms with Crippen LogP contribution in [-0.4, -0.2) is 5.91 Å². The molecule has 0 atom stereocenters. The van der Waals surface area contributed by atoms with Gasteiger partial charge in [0.15, 0.2) is 0 Å². The lowest BCUT2D eigenvalue weighted by molar-refractivity contribution is -0.114. The number of carbonyl (C=O) groups is 1. The Labute approximate surface area is 82.9 Å². The zero-order valence-corrected chi connectivity index (χ0v) is 8.02. The van der Waals surface area contributed by atoms with Gasteiger partial charge in [0.25, 0.3) is 0 Å². The number of amides is 1. The second-order valence-corrected chi connectivity index (χ2v) is 2.40. The number of hydrazine groups is 1. The van der Waals surface area contributed by atoms with Crippen LogP contribution in [-0.2, 0) is 4.79 Å². The molecule has 0 radical (unpaired) electrons. The van der Waals surface area contributed by atoms with Crippen LogP contribution in [0.25, 0.3) is 0 Å². The van der Waals surface area contributed by atoms with E-state index in [0.29, 0.717) is 0 Å². The maximum Gasteiger partial charge on any atom is 0.221 e. The molecule has 1 aromatic carbocycles. The molecule has 0 heterocycles. The van der Waals surface area contributed by atoms with Crippen molar-refractivity contribution < 1.29 is 4.79 Å². The van der Waals surface area contributed by atoms with Crippen LogP contribution in [0.3, 0.4) is 0 Å². The number of carbonyl (C=O) groups excluding carboxylic acids is 1. The lowest BCUT2D eigenvalue weighted by Gasteiger charge is -2.02. The summed E-state index contributed by atoms with van der Waals surface area (Å²) in [4.78, 5) is 10.6. The molecule has 0 fully saturated rings. The Hall–Kier alpha value is -1.26. The van der Waals surface area contributed by atoms with Crippen LogP contribution in [0.2, 0.25) is 0 Å². The Morgan fingerprint density at radius 1 is 1.23 bits per heavy atom. The molecule has 4 N–H and O–H groups in total. The minimum atomic E-state index is -0.0801. The fourth-order valence-electron chi connectivity index (χ4n) is 0.853. The minimum Gasteiger partial charge on any atom is -0.326 e. The fourth-order valence-corrected chi connectivity index (χ4v) is 0.853. The van der Waals surface area contributed by atoms with E-state index in [2.05, 4.69) is 10.7 Å². The SMILES string of the molecule is CC(=O)Nc1ccc(NN)cc1.Cl. The monoisotopic (exact) mass is 201 g/mol. The number of nitrogens with one attached hydrogen (secondary N) is 2. The number of nitrogens with two attached hydrogens (primary N) is 1. The standard InChI is InChI=1S/C8H11N3O.ClH/c1-6(12)10-7-2-4-8(11-9)5-3-7;/h2-5,11H,9H2,1H3,(H,10,12);1H. The van der Waals surface area contributed by atoms with Crippen LogP contribution in [0.5, 0.6) is 0 Å². The van der Waals surface area contributed by atoms with Crippen LogP contribution in [0.15, 0.2) is 24.3 Å². The molecule has 0 bridgehead atoms. The second kappa shape index (κ2) is 5.40. The summed E-state index contributed by atoms with van der Waals surface area (Å²) in [5.74, 6) is 5.08. The highest BCUT2D eigenvalue weighted by Gasteiger charge is 1.93. The summed E-state index contributed by atoms with van der Waals surface area (Å²) in [7, 11) is 0. The first kappa shape index (κ1) is 11.7. The Bertz CT molecular complexity index is 273. The largest absolute Gasteiger partial charge is 0.326 e. The molecular formula is C8H12ClN3O. The predicted octanol–water partition coefficient (Wildman–Crippen LogP) is 1.35. The molecule has 0 aliphatic heterocycles. The van der Waals surface area contributed by atoms with Crippen LogP contribution in [0.4, 0.5) is 11.4 Å². The zero-order valence-electron chi connectivity index (χ0n) is 7.20. The zero-order chi connectivity index (χ0) is 8.97. The van der Waals surface area contributed by atoms with E-state index >= 15 is 0 Å². The highest BCUT2D eigenvalue weighted by molar-refractivity contribution is 5.88. The van der Waals surface area contributed by atoms with Gasteiger partial charge in [0.05, 0.1) is 0 Å². The van der Waals surface area contributed by atoms with Crippen molar-refractivity contribution in [3.05, 3.63) is 24.3 Å². The van der Waals surface area contributed by atoms with Gasteiger partial charge in [-0.15, -0.1) is 12.4 Å². The van der Waals surface area contributed by atoms with E-state index in [0.717, 1.165) is 11.4 Å². The smallest absolute Gasteiger partial charge is 0.221 e. The van der Waals surface area contributed by atoms with E-state index in [1.807, 2.05) is 0 Å². The highest BCUT2D eigenvalue weighted by atomic mass is 35.5. The molecule has 0 aliphatic carbocycles. The summed E-state index contributed by atoms with van der Waals surface area (Å²) in [5, 5.41) is 2.65. The van der Waals surface area contributed by atoms with Crippen molar-refractivity contribution in [2.75, 3.05) is 10.7 Å². The number of hydrogen-bond donors (Lipinski definition) is 3. The van der Waals surface area contributed by atoms with Crippen LogP contribution < -0.4 is 16.6 Å². The molecule has 72 valence electrons. The molecular weight excluding hydrogens is 190 g/mol. The first-order chi connectivity index (χ1) is 5.72. The molecule has 4 nitrogen and oxygen atoms in total. The average Bonchev–Trinajstić information content (AvgIpc) is 2.05. The summed E-state index contributed by atoms with van der Waals surface area (Å²) in [6.07, 6.45) is 0. The third kappa shape index (κ3) is 3.78. The van der Waals surface area contributed by atoms with Crippen molar-refractivity contribution in [3.8, 4) is 0 Å². The summed E-state index contributed by atoms with van der Waals surface area (Å²) in [6.45, 7) is 1.47. The van der Waals surface area contributed by atoms with Crippen molar-refractivity contribution in [3.63, 3.8) is 0 Å². The van der Waals surface area contributed by atoms with Gasteiger partial charge in [-0.1, -0.05) is 0 Å². The van der Waals surface area contributed by atoms with E-state index in [-0.39, 0.29) is 18.3 Å². The maximum atomic E-state index is 10.6. The van der Waals surface area contributed by atoms with Gasteiger partial charge < -0.3 is 10.7 Å². The van der Waals surface area contributed by atoms with Crippen molar-refractivity contribution in [2.45, 2.75) is 6.92 Å². The number of hydrogen-bond acceptors (Lipinski definition) is 3. The molecule has 1 amide bonds. The molecule has 13 heavy (non-hydrogen) atoms. The Morgan fingerprint density at radius 3 is 2.08 bits per heavy atom.